The number of nitrogens with zero attached hydrogens (tertiary/aromatic N) is 1. The number of carbonyl (C=O) groups excluding carboxylic acids is 1. The Balaban J connectivity index is 1.48. The third-order valence-corrected chi connectivity index (χ3v) is 6.76. The summed E-state index contributed by atoms with van der Waals surface area (Å²) in [5, 5.41) is 14.8. The summed E-state index contributed by atoms with van der Waals surface area (Å²) in [6, 6.07) is 20.4. The van der Waals surface area contributed by atoms with Crippen molar-refractivity contribution >= 4 is 54.6 Å². The molecule has 0 saturated heterocycles. The van der Waals surface area contributed by atoms with Crippen molar-refractivity contribution in [1.82, 2.24) is 5.32 Å². The van der Waals surface area contributed by atoms with Gasteiger partial charge in [0.2, 0.25) is 0 Å². The molecule has 4 nitrogen and oxygen atoms in total. The number of nitrogens with one attached hydrogen (secondary N) is 1. The van der Waals surface area contributed by atoms with Crippen molar-refractivity contribution in [3.05, 3.63) is 80.2 Å². The summed E-state index contributed by atoms with van der Waals surface area (Å²) in [6.45, 7) is 0.421. The van der Waals surface area contributed by atoms with Crippen LogP contribution in [0.2, 0.25) is 0 Å². The molecule has 6 heteroatoms. The number of halogens is 2. The van der Waals surface area contributed by atoms with E-state index >= 15 is 0 Å². The molecule has 3 aromatic carbocycles. The van der Waals surface area contributed by atoms with E-state index in [1.165, 1.54) is 10.8 Å². The monoisotopic (exact) mass is 552 g/mol. The van der Waals surface area contributed by atoms with Crippen molar-refractivity contribution in [2.45, 2.75) is 38.3 Å². The molecule has 0 aliphatic heterocycles. The lowest BCUT2D eigenvalue weighted by Crippen LogP contribution is -2.33. The van der Waals surface area contributed by atoms with E-state index in [4.69, 9.17) is 4.74 Å². The van der Waals surface area contributed by atoms with Crippen molar-refractivity contribution in [3.63, 3.8) is 0 Å². The van der Waals surface area contributed by atoms with Crippen LogP contribution in [0.25, 0.3) is 16.8 Å². The highest BCUT2D eigenvalue weighted by atomic mass is 79.9. The van der Waals surface area contributed by atoms with E-state index in [9.17, 15) is 10.1 Å². The fraction of sp³-hybridized carbons (Fsp3) is 0.231. The van der Waals surface area contributed by atoms with Crippen LogP contribution in [0.3, 0.4) is 0 Å². The molecule has 32 heavy (non-hydrogen) atoms. The number of benzene rings is 3. The second kappa shape index (κ2) is 10.3. The summed E-state index contributed by atoms with van der Waals surface area (Å²) in [4.78, 5) is 12.5. The number of nitriles is 1. The predicted octanol–water partition coefficient (Wildman–Crippen LogP) is 6.91. The van der Waals surface area contributed by atoms with Gasteiger partial charge in [0.1, 0.15) is 24.0 Å². The Hall–Kier alpha value is -2.62. The predicted molar refractivity (Wildman–Crippen MR) is 134 cm³/mol. The molecule has 0 spiro atoms. The summed E-state index contributed by atoms with van der Waals surface area (Å²) < 4.78 is 7.55. The van der Waals surface area contributed by atoms with Crippen LogP contribution in [0.5, 0.6) is 5.75 Å². The average Bonchev–Trinajstić information content (AvgIpc) is 3.29. The first-order valence-corrected chi connectivity index (χ1v) is 12.1. The fourth-order valence-corrected chi connectivity index (χ4v) is 5.38. The standard InChI is InChI=1S/C26H22Br2N2O2/c27-23-13-18(12-21(15-29)26(31)30-22-7-3-4-8-22)14-24(28)25(23)32-16-17-9-10-19-5-1-2-6-20(19)11-17/h1-2,5-6,9-14,22H,3-4,7-8,16H2,(H,30,31)/b21-12-. The van der Waals surface area contributed by atoms with E-state index < -0.39 is 0 Å². The molecule has 0 unspecified atom stereocenters. The van der Waals surface area contributed by atoms with Crippen LogP contribution in [0, 0.1) is 11.3 Å². The molecule has 162 valence electrons. The largest absolute Gasteiger partial charge is 0.487 e. The van der Waals surface area contributed by atoms with Crippen molar-refractivity contribution in [1.29, 1.82) is 5.26 Å². The van der Waals surface area contributed by atoms with Crippen LogP contribution >= 0.6 is 31.9 Å². The summed E-state index contributed by atoms with van der Waals surface area (Å²) in [5.74, 6) is 0.354. The van der Waals surface area contributed by atoms with E-state index in [1.807, 2.05) is 30.3 Å². The second-order valence-electron chi connectivity index (χ2n) is 7.91. The maximum absolute atomic E-state index is 12.5. The number of hydrogen-bond donors (Lipinski definition) is 1. The van der Waals surface area contributed by atoms with Crippen LogP contribution in [0.4, 0.5) is 0 Å². The lowest BCUT2D eigenvalue weighted by atomic mass is 10.1. The van der Waals surface area contributed by atoms with Crippen molar-refractivity contribution in [2.24, 2.45) is 0 Å². The summed E-state index contributed by atoms with van der Waals surface area (Å²) in [7, 11) is 0. The molecule has 0 radical (unpaired) electrons. The Morgan fingerprint density at radius 1 is 1.06 bits per heavy atom. The van der Waals surface area contributed by atoms with E-state index in [2.05, 4.69) is 67.5 Å². The van der Waals surface area contributed by atoms with Gasteiger partial charge in [-0.2, -0.15) is 5.26 Å². The smallest absolute Gasteiger partial charge is 0.262 e. The number of amides is 1. The summed E-state index contributed by atoms with van der Waals surface area (Å²) >= 11 is 7.13. The zero-order valence-electron chi connectivity index (χ0n) is 17.4. The molecule has 1 fully saturated rings. The zero-order chi connectivity index (χ0) is 22.5. The van der Waals surface area contributed by atoms with Gasteiger partial charge in [0, 0.05) is 6.04 Å². The topological polar surface area (TPSA) is 62.1 Å². The Labute approximate surface area is 204 Å². The number of fused-ring (bicyclic) bond motifs is 1. The highest BCUT2D eigenvalue weighted by Gasteiger charge is 2.19. The molecule has 0 atom stereocenters. The first-order valence-electron chi connectivity index (χ1n) is 10.6. The lowest BCUT2D eigenvalue weighted by molar-refractivity contribution is -0.117. The van der Waals surface area contributed by atoms with E-state index in [-0.39, 0.29) is 17.5 Å². The maximum Gasteiger partial charge on any atom is 0.262 e. The number of hydrogen-bond acceptors (Lipinski definition) is 3. The van der Waals surface area contributed by atoms with Gasteiger partial charge in [0.25, 0.3) is 5.91 Å². The molecule has 1 aliphatic carbocycles. The quantitative estimate of drug-likeness (QED) is 0.266. The maximum atomic E-state index is 12.5. The molecule has 3 aromatic rings. The van der Waals surface area contributed by atoms with Gasteiger partial charge in [-0.05, 0) is 90.9 Å². The van der Waals surface area contributed by atoms with Gasteiger partial charge >= 0.3 is 0 Å². The highest BCUT2D eigenvalue weighted by molar-refractivity contribution is 9.11. The lowest BCUT2D eigenvalue weighted by Gasteiger charge is -2.13. The van der Waals surface area contributed by atoms with Gasteiger partial charge in [-0.1, -0.05) is 49.2 Å². The van der Waals surface area contributed by atoms with Crippen LogP contribution in [0.1, 0.15) is 36.8 Å². The van der Waals surface area contributed by atoms with Gasteiger partial charge < -0.3 is 10.1 Å². The molecule has 1 amide bonds. The first-order chi connectivity index (χ1) is 15.5. The first kappa shape index (κ1) is 22.6. The minimum atomic E-state index is -0.316. The molecule has 4 rings (SSSR count). The Morgan fingerprint density at radius 3 is 2.44 bits per heavy atom. The minimum Gasteiger partial charge on any atom is -0.487 e. The molecular formula is C26H22Br2N2O2. The van der Waals surface area contributed by atoms with Crippen molar-refractivity contribution in [2.75, 3.05) is 0 Å². The molecule has 0 bridgehead atoms. The third-order valence-electron chi connectivity index (χ3n) is 5.58. The molecular weight excluding hydrogens is 532 g/mol. The molecule has 0 aromatic heterocycles. The fourth-order valence-electron chi connectivity index (χ4n) is 3.93. The van der Waals surface area contributed by atoms with Crippen LogP contribution in [-0.2, 0) is 11.4 Å². The average molecular weight is 554 g/mol. The van der Waals surface area contributed by atoms with E-state index in [1.54, 1.807) is 6.08 Å². The second-order valence-corrected chi connectivity index (χ2v) is 9.62. The minimum absolute atomic E-state index is 0.0977. The molecule has 1 saturated carbocycles. The third kappa shape index (κ3) is 5.40. The molecule has 1 N–H and O–H groups in total. The summed E-state index contributed by atoms with van der Waals surface area (Å²) in [5.41, 5.74) is 1.90. The SMILES string of the molecule is N#C/C(=C/c1cc(Br)c(OCc2ccc3ccccc3c2)c(Br)c1)C(=O)NC1CCCC1. The van der Waals surface area contributed by atoms with Gasteiger partial charge in [0.15, 0.2) is 0 Å². The van der Waals surface area contributed by atoms with Gasteiger partial charge in [-0.25, -0.2) is 0 Å². The highest BCUT2D eigenvalue weighted by Crippen LogP contribution is 2.36. The van der Waals surface area contributed by atoms with Crippen molar-refractivity contribution in [3.8, 4) is 11.8 Å². The molecule has 0 heterocycles. The number of carbonyl (C=O) groups is 1. The van der Waals surface area contributed by atoms with Gasteiger partial charge in [-0.15, -0.1) is 0 Å². The normalized spacial score (nSPS) is 14.3. The van der Waals surface area contributed by atoms with E-state index in [0.717, 1.165) is 45.8 Å². The Bertz CT molecular complexity index is 1200. The van der Waals surface area contributed by atoms with Gasteiger partial charge in [0.05, 0.1) is 8.95 Å². The van der Waals surface area contributed by atoms with Crippen LogP contribution in [0.15, 0.2) is 69.1 Å². The summed E-state index contributed by atoms with van der Waals surface area (Å²) in [6.07, 6.45) is 5.80. The van der Waals surface area contributed by atoms with E-state index in [0.29, 0.717) is 12.4 Å². The van der Waals surface area contributed by atoms with Crippen LogP contribution < -0.4 is 10.1 Å². The number of rotatable bonds is 6. The van der Waals surface area contributed by atoms with Crippen LogP contribution in [-0.4, -0.2) is 11.9 Å². The zero-order valence-corrected chi connectivity index (χ0v) is 20.6. The molecule has 1 aliphatic rings. The van der Waals surface area contributed by atoms with Gasteiger partial charge in [-0.3, -0.25) is 4.79 Å². The van der Waals surface area contributed by atoms with Crippen molar-refractivity contribution < 1.29 is 9.53 Å². The Morgan fingerprint density at radius 2 is 1.75 bits per heavy atom. The Kier molecular flexibility index (Phi) is 7.29. The number of ether oxygens (including phenoxy) is 1.